The lowest BCUT2D eigenvalue weighted by atomic mass is 10.1. The lowest BCUT2D eigenvalue weighted by Gasteiger charge is -2.32. The predicted octanol–water partition coefficient (Wildman–Crippen LogP) is 3.93. The minimum Gasteiger partial charge on any atom is -0.338 e. The van der Waals surface area contributed by atoms with Gasteiger partial charge in [-0.3, -0.25) is 4.99 Å². The molecule has 2 aliphatic rings. The van der Waals surface area contributed by atoms with Gasteiger partial charge in [-0.2, -0.15) is 15.0 Å². The fourth-order valence-corrected chi connectivity index (χ4v) is 3.93. The summed E-state index contributed by atoms with van der Waals surface area (Å²) >= 11 is 6.34. The number of likely N-dealkylation sites (N-methyl/N-ethyl adjacent to an activating group) is 1. The van der Waals surface area contributed by atoms with E-state index in [1.165, 1.54) is 0 Å². The third-order valence-electron chi connectivity index (χ3n) is 5.65. The van der Waals surface area contributed by atoms with Crippen molar-refractivity contribution in [3.05, 3.63) is 71.3 Å². The molecule has 1 saturated heterocycles. The number of nitrogens with zero attached hydrogens (tertiary/aromatic N) is 6. The highest BCUT2D eigenvalue weighted by Crippen LogP contribution is 2.25. The standard InChI is InChI=1S/C24H25ClN8/c1-32-11-13-33(14-12-32)24-30-22(27-20-10-6-5-9-19(20)25)29-23(31-24)28-21-15-18(16-26-21)17-7-3-2-4-8-17/h2-10,15H,11-14,16H2,1H3,(H2,26,27,28,29,30,31). The maximum absolute atomic E-state index is 6.34. The summed E-state index contributed by atoms with van der Waals surface area (Å²) in [5, 5.41) is 7.11. The number of rotatable bonds is 5. The lowest BCUT2D eigenvalue weighted by Crippen LogP contribution is -2.45. The molecular formula is C24H25ClN8. The Bertz CT molecular complexity index is 1190. The first-order valence-corrected chi connectivity index (χ1v) is 11.3. The number of aliphatic imine (C=N–C) groups is 1. The van der Waals surface area contributed by atoms with Crippen LogP contribution in [0.2, 0.25) is 5.02 Å². The van der Waals surface area contributed by atoms with Crippen LogP contribution < -0.4 is 15.5 Å². The van der Waals surface area contributed by atoms with Gasteiger partial charge in [-0.1, -0.05) is 54.1 Å². The minimum atomic E-state index is 0.431. The SMILES string of the molecule is CN1CCN(c2nc(NC3=NCC(c4ccccc4)=C3)nc(Nc3ccccc3Cl)n2)CC1. The van der Waals surface area contributed by atoms with Crippen molar-refractivity contribution >= 4 is 46.5 Å². The van der Waals surface area contributed by atoms with Gasteiger partial charge >= 0.3 is 0 Å². The molecule has 33 heavy (non-hydrogen) atoms. The van der Waals surface area contributed by atoms with E-state index in [2.05, 4.69) is 54.6 Å². The van der Waals surface area contributed by atoms with Gasteiger partial charge in [0.15, 0.2) is 0 Å². The number of aromatic nitrogens is 3. The van der Waals surface area contributed by atoms with Crippen molar-refractivity contribution in [1.29, 1.82) is 0 Å². The van der Waals surface area contributed by atoms with Crippen LogP contribution >= 0.6 is 11.6 Å². The molecule has 5 rings (SSSR count). The number of amidine groups is 1. The Morgan fingerprint density at radius 1 is 0.818 bits per heavy atom. The molecule has 8 nitrogen and oxygen atoms in total. The van der Waals surface area contributed by atoms with E-state index in [9.17, 15) is 0 Å². The van der Waals surface area contributed by atoms with Crippen LogP contribution in [0.1, 0.15) is 5.56 Å². The molecule has 3 aromatic rings. The third kappa shape index (κ3) is 5.13. The van der Waals surface area contributed by atoms with Gasteiger partial charge in [-0.05, 0) is 36.4 Å². The summed E-state index contributed by atoms with van der Waals surface area (Å²) < 4.78 is 0. The van der Waals surface area contributed by atoms with Crippen molar-refractivity contribution in [3.8, 4) is 0 Å². The van der Waals surface area contributed by atoms with Crippen molar-refractivity contribution in [2.75, 3.05) is 55.3 Å². The summed E-state index contributed by atoms with van der Waals surface area (Å²) in [5.41, 5.74) is 3.05. The molecule has 0 bridgehead atoms. The highest BCUT2D eigenvalue weighted by Gasteiger charge is 2.20. The van der Waals surface area contributed by atoms with Crippen LogP contribution in [0.25, 0.3) is 5.57 Å². The Morgan fingerprint density at radius 3 is 2.27 bits per heavy atom. The predicted molar refractivity (Wildman–Crippen MR) is 135 cm³/mol. The lowest BCUT2D eigenvalue weighted by molar-refractivity contribution is 0.311. The fourth-order valence-electron chi connectivity index (χ4n) is 3.75. The highest BCUT2D eigenvalue weighted by atomic mass is 35.5. The fraction of sp³-hybridized carbons (Fsp3) is 0.250. The highest BCUT2D eigenvalue weighted by molar-refractivity contribution is 6.33. The second-order valence-corrected chi connectivity index (χ2v) is 8.45. The molecule has 0 aliphatic carbocycles. The topological polar surface area (TPSA) is 81.6 Å². The Kier molecular flexibility index (Phi) is 6.19. The molecule has 1 aromatic heterocycles. The number of hydrogen-bond acceptors (Lipinski definition) is 8. The van der Waals surface area contributed by atoms with Crippen molar-refractivity contribution in [2.45, 2.75) is 0 Å². The maximum atomic E-state index is 6.34. The molecule has 9 heteroatoms. The van der Waals surface area contributed by atoms with Gasteiger partial charge in [0.25, 0.3) is 0 Å². The molecule has 2 aliphatic heterocycles. The Labute approximate surface area is 198 Å². The molecule has 168 valence electrons. The summed E-state index contributed by atoms with van der Waals surface area (Å²) in [4.78, 5) is 23.1. The van der Waals surface area contributed by atoms with E-state index in [1.807, 2.05) is 48.5 Å². The summed E-state index contributed by atoms with van der Waals surface area (Å²) in [6.45, 7) is 4.23. The van der Waals surface area contributed by atoms with E-state index in [-0.39, 0.29) is 0 Å². The monoisotopic (exact) mass is 460 g/mol. The number of halogens is 1. The summed E-state index contributed by atoms with van der Waals surface area (Å²) in [6.07, 6.45) is 2.04. The summed E-state index contributed by atoms with van der Waals surface area (Å²) in [6, 6.07) is 17.8. The zero-order valence-corrected chi connectivity index (χ0v) is 19.1. The number of hydrogen-bond donors (Lipinski definition) is 2. The van der Waals surface area contributed by atoms with Crippen LogP contribution in [0.15, 0.2) is 65.7 Å². The van der Waals surface area contributed by atoms with E-state index in [4.69, 9.17) is 16.6 Å². The van der Waals surface area contributed by atoms with Crippen molar-refractivity contribution in [2.24, 2.45) is 4.99 Å². The number of piperazine rings is 1. The van der Waals surface area contributed by atoms with Gasteiger partial charge < -0.3 is 20.4 Å². The molecule has 0 spiro atoms. The first kappa shape index (κ1) is 21.4. The van der Waals surface area contributed by atoms with Gasteiger partial charge in [-0.15, -0.1) is 0 Å². The molecule has 2 N–H and O–H groups in total. The van der Waals surface area contributed by atoms with Gasteiger partial charge in [0.05, 0.1) is 17.3 Å². The third-order valence-corrected chi connectivity index (χ3v) is 5.97. The quantitative estimate of drug-likeness (QED) is 0.597. The zero-order chi connectivity index (χ0) is 22.6. The normalized spacial score (nSPS) is 16.4. The van der Waals surface area contributed by atoms with Crippen LogP contribution in [-0.4, -0.2) is 65.5 Å². The van der Waals surface area contributed by atoms with Crippen molar-refractivity contribution < 1.29 is 0 Å². The molecule has 3 heterocycles. The van der Waals surface area contributed by atoms with Crippen LogP contribution in [0.5, 0.6) is 0 Å². The van der Waals surface area contributed by atoms with Crippen LogP contribution in [0.4, 0.5) is 23.5 Å². The second-order valence-electron chi connectivity index (χ2n) is 8.04. The van der Waals surface area contributed by atoms with E-state index in [1.54, 1.807) is 0 Å². The molecule has 0 amide bonds. The van der Waals surface area contributed by atoms with Crippen molar-refractivity contribution in [1.82, 2.24) is 19.9 Å². The molecule has 2 aromatic carbocycles. The Balaban J connectivity index is 1.41. The Hall–Kier alpha value is -3.49. The summed E-state index contributed by atoms with van der Waals surface area (Å²) in [7, 11) is 2.12. The average molecular weight is 461 g/mol. The minimum absolute atomic E-state index is 0.431. The number of nitrogens with one attached hydrogen (secondary N) is 2. The first-order valence-electron chi connectivity index (χ1n) is 10.9. The molecule has 0 unspecified atom stereocenters. The van der Waals surface area contributed by atoms with Gasteiger partial charge in [0.2, 0.25) is 17.8 Å². The maximum Gasteiger partial charge on any atom is 0.235 e. The number of benzene rings is 2. The molecule has 0 saturated carbocycles. The number of para-hydroxylation sites is 1. The summed E-state index contributed by atoms with van der Waals surface area (Å²) in [5.74, 6) is 2.23. The molecular weight excluding hydrogens is 436 g/mol. The average Bonchev–Trinajstić information content (AvgIpc) is 3.30. The van der Waals surface area contributed by atoms with E-state index >= 15 is 0 Å². The van der Waals surface area contributed by atoms with E-state index < -0.39 is 0 Å². The second kappa shape index (κ2) is 9.56. The van der Waals surface area contributed by atoms with Gasteiger partial charge in [-0.25, -0.2) is 0 Å². The Morgan fingerprint density at radius 2 is 1.52 bits per heavy atom. The van der Waals surface area contributed by atoms with Gasteiger partial charge in [0.1, 0.15) is 5.84 Å². The molecule has 0 radical (unpaired) electrons. The van der Waals surface area contributed by atoms with E-state index in [0.29, 0.717) is 29.4 Å². The molecule has 1 fully saturated rings. The molecule has 0 atom stereocenters. The van der Waals surface area contributed by atoms with E-state index in [0.717, 1.165) is 48.8 Å². The van der Waals surface area contributed by atoms with Gasteiger partial charge in [0, 0.05) is 26.2 Å². The van der Waals surface area contributed by atoms with Crippen LogP contribution in [-0.2, 0) is 0 Å². The van der Waals surface area contributed by atoms with Crippen LogP contribution in [0.3, 0.4) is 0 Å². The number of anilines is 4. The van der Waals surface area contributed by atoms with Crippen molar-refractivity contribution in [3.63, 3.8) is 0 Å². The van der Waals surface area contributed by atoms with Crippen LogP contribution in [0, 0.1) is 0 Å². The first-order chi connectivity index (χ1) is 16.1. The smallest absolute Gasteiger partial charge is 0.235 e. The zero-order valence-electron chi connectivity index (χ0n) is 18.4. The largest absolute Gasteiger partial charge is 0.338 e.